The average molecular weight is 241 g/mol. The number of nitrogens with zero attached hydrogens (tertiary/aromatic N) is 1. The van der Waals surface area contributed by atoms with Crippen LogP contribution in [0.3, 0.4) is 0 Å². The summed E-state index contributed by atoms with van der Waals surface area (Å²) >= 11 is 7.72. The van der Waals surface area contributed by atoms with E-state index in [9.17, 15) is 0 Å². The minimum Gasteiger partial charge on any atom is -0.304 e. The normalized spacial score (nSPS) is 12.1. The first-order valence-electron chi connectivity index (χ1n) is 4.66. The Hall–Kier alpha value is -0.690. The van der Waals surface area contributed by atoms with Crippen LogP contribution in [0.1, 0.15) is 5.56 Å². The van der Waals surface area contributed by atoms with Gasteiger partial charge in [0.15, 0.2) is 0 Å². The summed E-state index contributed by atoms with van der Waals surface area (Å²) in [5.41, 5.74) is 1.12. The molecule has 0 saturated heterocycles. The summed E-state index contributed by atoms with van der Waals surface area (Å²) in [6.07, 6.45) is 0. The molecule has 0 amide bonds. The van der Waals surface area contributed by atoms with Gasteiger partial charge >= 0.3 is 0 Å². The molecule has 0 aromatic heterocycles. The maximum Gasteiger partial charge on any atom is 0.104 e. The van der Waals surface area contributed by atoms with Crippen molar-refractivity contribution < 1.29 is 0 Å². The highest BCUT2D eigenvalue weighted by Crippen LogP contribution is 2.20. The van der Waals surface area contributed by atoms with E-state index in [4.69, 9.17) is 16.9 Å². The molecule has 0 radical (unpaired) electrons. The monoisotopic (exact) mass is 240 g/mol. The molecule has 0 saturated carbocycles. The summed E-state index contributed by atoms with van der Waals surface area (Å²) < 4.78 is 0. The molecule has 1 N–H and O–H groups in total. The molecule has 1 unspecified atom stereocenters. The van der Waals surface area contributed by atoms with Crippen LogP contribution in [0.4, 0.5) is 0 Å². The van der Waals surface area contributed by atoms with Crippen LogP contribution in [0, 0.1) is 11.3 Å². The van der Waals surface area contributed by atoms with E-state index in [0.29, 0.717) is 0 Å². The van der Waals surface area contributed by atoms with Crippen LogP contribution in [0.5, 0.6) is 0 Å². The van der Waals surface area contributed by atoms with Gasteiger partial charge in [-0.25, -0.2) is 0 Å². The van der Waals surface area contributed by atoms with Crippen molar-refractivity contribution in [2.45, 2.75) is 11.8 Å². The maximum atomic E-state index is 8.73. The molecule has 0 fully saturated rings. The number of halogens is 1. The smallest absolute Gasteiger partial charge is 0.104 e. The lowest BCUT2D eigenvalue weighted by atomic mass is 10.2. The second-order valence-corrected chi connectivity index (χ2v) is 4.51. The average Bonchev–Trinajstić information content (AvgIpc) is 2.27. The molecule has 2 nitrogen and oxygen atoms in total. The third-order valence-electron chi connectivity index (χ3n) is 2.00. The number of nitrogens with one attached hydrogen (secondary N) is 1. The van der Waals surface area contributed by atoms with E-state index in [1.165, 1.54) is 0 Å². The quantitative estimate of drug-likeness (QED) is 0.860. The van der Waals surface area contributed by atoms with Crippen molar-refractivity contribution in [3.05, 3.63) is 34.9 Å². The minimum absolute atomic E-state index is 0.0857. The van der Waals surface area contributed by atoms with Gasteiger partial charge in [-0.1, -0.05) is 29.8 Å². The molecule has 0 aliphatic heterocycles. The second-order valence-electron chi connectivity index (χ2n) is 3.08. The van der Waals surface area contributed by atoms with Crippen LogP contribution in [0.2, 0.25) is 5.02 Å². The number of hydrogen-bond acceptors (Lipinski definition) is 3. The fourth-order valence-corrected chi connectivity index (χ4v) is 2.44. The highest BCUT2D eigenvalue weighted by Gasteiger charge is 2.04. The first kappa shape index (κ1) is 12.4. The van der Waals surface area contributed by atoms with Crippen LogP contribution in [0.15, 0.2) is 24.3 Å². The lowest BCUT2D eigenvalue weighted by Gasteiger charge is -2.07. The molecular weight excluding hydrogens is 228 g/mol. The molecule has 1 aromatic rings. The molecule has 0 bridgehead atoms. The van der Waals surface area contributed by atoms with Gasteiger partial charge in [0.2, 0.25) is 0 Å². The Labute approximate surface area is 99.6 Å². The zero-order valence-electron chi connectivity index (χ0n) is 8.53. The van der Waals surface area contributed by atoms with Gasteiger partial charge in [-0.3, -0.25) is 0 Å². The molecule has 1 atom stereocenters. The van der Waals surface area contributed by atoms with Gasteiger partial charge in [-0.15, -0.1) is 0 Å². The van der Waals surface area contributed by atoms with Crippen molar-refractivity contribution in [1.29, 1.82) is 5.26 Å². The van der Waals surface area contributed by atoms with Gasteiger partial charge in [-0.2, -0.15) is 17.0 Å². The van der Waals surface area contributed by atoms with Crippen molar-refractivity contribution in [1.82, 2.24) is 5.32 Å². The Morgan fingerprint density at radius 2 is 2.27 bits per heavy atom. The van der Waals surface area contributed by atoms with E-state index < -0.39 is 0 Å². The molecule has 4 heteroatoms. The van der Waals surface area contributed by atoms with Crippen molar-refractivity contribution in [2.75, 3.05) is 12.8 Å². The third-order valence-corrected chi connectivity index (χ3v) is 3.46. The second kappa shape index (κ2) is 6.73. The molecular formula is C11H13ClN2S. The van der Waals surface area contributed by atoms with Gasteiger partial charge in [0, 0.05) is 16.5 Å². The topological polar surface area (TPSA) is 35.8 Å². The van der Waals surface area contributed by atoms with Gasteiger partial charge < -0.3 is 5.32 Å². The number of thioether (sulfide) groups is 1. The molecule has 0 aliphatic rings. The molecule has 0 heterocycles. The van der Waals surface area contributed by atoms with Crippen LogP contribution in [-0.2, 0) is 5.75 Å². The number of hydrogen-bond donors (Lipinski definition) is 1. The zero-order chi connectivity index (χ0) is 11.1. The van der Waals surface area contributed by atoms with Crippen LogP contribution in [0.25, 0.3) is 0 Å². The van der Waals surface area contributed by atoms with E-state index in [2.05, 4.69) is 11.4 Å². The number of nitriles is 1. The van der Waals surface area contributed by atoms with E-state index in [1.54, 1.807) is 18.8 Å². The third kappa shape index (κ3) is 4.13. The SMILES string of the molecule is CNC(C#N)CSCc1ccccc1Cl. The molecule has 0 spiro atoms. The predicted octanol–water partition coefficient (Wildman–Crippen LogP) is 2.68. The lowest BCUT2D eigenvalue weighted by molar-refractivity contribution is 0.750. The first-order chi connectivity index (χ1) is 7.27. The fraction of sp³-hybridized carbons (Fsp3) is 0.364. The fourth-order valence-electron chi connectivity index (χ4n) is 1.09. The molecule has 1 aromatic carbocycles. The summed E-state index contributed by atoms with van der Waals surface area (Å²) in [7, 11) is 1.80. The highest BCUT2D eigenvalue weighted by molar-refractivity contribution is 7.98. The lowest BCUT2D eigenvalue weighted by Crippen LogP contribution is -2.25. The Bertz CT molecular complexity index is 349. The summed E-state index contributed by atoms with van der Waals surface area (Å²) in [4.78, 5) is 0. The first-order valence-corrected chi connectivity index (χ1v) is 6.19. The van der Waals surface area contributed by atoms with Crippen LogP contribution >= 0.6 is 23.4 Å². The standard InChI is InChI=1S/C11H13ClN2S/c1-14-10(6-13)8-15-7-9-4-2-3-5-11(9)12/h2-5,10,14H,7-8H2,1H3. The summed E-state index contributed by atoms with van der Waals surface area (Å²) in [6.45, 7) is 0. The van der Waals surface area contributed by atoms with Crippen LogP contribution in [-0.4, -0.2) is 18.8 Å². The Morgan fingerprint density at radius 1 is 1.53 bits per heavy atom. The highest BCUT2D eigenvalue weighted by atomic mass is 35.5. The largest absolute Gasteiger partial charge is 0.304 e. The van der Waals surface area contributed by atoms with Crippen molar-refractivity contribution >= 4 is 23.4 Å². The maximum absolute atomic E-state index is 8.73. The Morgan fingerprint density at radius 3 is 2.87 bits per heavy atom. The van der Waals surface area contributed by atoms with E-state index in [1.807, 2.05) is 24.3 Å². The predicted molar refractivity (Wildman–Crippen MR) is 66.1 cm³/mol. The molecule has 15 heavy (non-hydrogen) atoms. The Kier molecular flexibility index (Phi) is 5.56. The summed E-state index contributed by atoms with van der Waals surface area (Å²) in [5.74, 6) is 1.62. The molecule has 0 aliphatic carbocycles. The van der Waals surface area contributed by atoms with Gasteiger partial charge in [-0.05, 0) is 18.7 Å². The minimum atomic E-state index is -0.0857. The van der Waals surface area contributed by atoms with E-state index in [-0.39, 0.29) is 6.04 Å². The van der Waals surface area contributed by atoms with Gasteiger partial charge in [0.05, 0.1) is 6.07 Å². The summed E-state index contributed by atoms with van der Waals surface area (Å²) in [6, 6.07) is 9.89. The van der Waals surface area contributed by atoms with E-state index >= 15 is 0 Å². The molecule has 80 valence electrons. The summed E-state index contributed by atoms with van der Waals surface area (Å²) in [5, 5.41) is 12.5. The number of rotatable bonds is 5. The van der Waals surface area contributed by atoms with Gasteiger partial charge in [0.1, 0.15) is 6.04 Å². The number of benzene rings is 1. The Balaban J connectivity index is 2.39. The van der Waals surface area contributed by atoms with Crippen molar-refractivity contribution in [3.8, 4) is 6.07 Å². The van der Waals surface area contributed by atoms with Gasteiger partial charge in [0.25, 0.3) is 0 Å². The van der Waals surface area contributed by atoms with Crippen molar-refractivity contribution in [2.24, 2.45) is 0 Å². The van der Waals surface area contributed by atoms with E-state index in [0.717, 1.165) is 22.1 Å². The molecule has 1 rings (SSSR count). The zero-order valence-corrected chi connectivity index (χ0v) is 10.1. The van der Waals surface area contributed by atoms with Crippen molar-refractivity contribution in [3.63, 3.8) is 0 Å². The van der Waals surface area contributed by atoms with Crippen LogP contribution < -0.4 is 5.32 Å².